The molecule has 0 bridgehead atoms. The molecule has 2 aromatic carbocycles. The molecule has 1 heterocycles. The van der Waals surface area contributed by atoms with Crippen LogP contribution in [-0.4, -0.2) is 34.1 Å². The van der Waals surface area contributed by atoms with E-state index in [2.05, 4.69) is 53.6 Å². The quantitative estimate of drug-likeness (QED) is 0.117. The summed E-state index contributed by atoms with van der Waals surface area (Å²) in [5.41, 5.74) is 4.08. The van der Waals surface area contributed by atoms with Crippen LogP contribution in [0, 0.1) is 6.92 Å². The minimum absolute atomic E-state index is 0. The predicted octanol–water partition coefficient (Wildman–Crippen LogP) is 8.89. The summed E-state index contributed by atoms with van der Waals surface area (Å²) in [5, 5.41) is 8.19. The number of benzene rings is 2. The van der Waals surface area contributed by atoms with Crippen LogP contribution in [0.2, 0.25) is 0 Å². The summed E-state index contributed by atoms with van der Waals surface area (Å²) >= 11 is 0. The van der Waals surface area contributed by atoms with E-state index in [0.717, 1.165) is 42.1 Å². The molecule has 0 fully saturated rings. The summed E-state index contributed by atoms with van der Waals surface area (Å²) in [6.07, 6.45) is 18.9. The van der Waals surface area contributed by atoms with Crippen LogP contribution in [0.4, 0.5) is 5.69 Å². The fourth-order valence-electron chi connectivity index (χ4n) is 5.08. The van der Waals surface area contributed by atoms with Gasteiger partial charge in [-0.25, -0.2) is 4.68 Å². The molecular weight excluding hydrogens is 576 g/mol. The average Bonchev–Trinajstić information content (AvgIpc) is 3.36. The van der Waals surface area contributed by atoms with E-state index in [4.69, 9.17) is 4.74 Å². The molecule has 3 aromatic rings. The van der Waals surface area contributed by atoms with Gasteiger partial charge < -0.3 is 9.64 Å². The molecule has 0 saturated carbocycles. The number of hydrogen-bond acceptors (Lipinski definition) is 4. The molecule has 0 N–H and O–H groups in total. The second kappa shape index (κ2) is 20.2. The highest BCUT2D eigenvalue weighted by atomic mass is 79.9. The number of carbonyl (C=O) groups excluding carboxylic acids is 1. The number of halogens is 1. The van der Waals surface area contributed by atoms with Crippen LogP contribution < -0.4 is 9.64 Å². The van der Waals surface area contributed by atoms with Crippen molar-refractivity contribution < 1.29 is 9.53 Å². The van der Waals surface area contributed by atoms with Crippen molar-refractivity contribution in [2.24, 2.45) is 0 Å². The topological polar surface area (TPSA) is 60.2 Å². The van der Waals surface area contributed by atoms with Gasteiger partial charge >= 0.3 is 0 Å². The third kappa shape index (κ3) is 13.7. The van der Waals surface area contributed by atoms with Crippen molar-refractivity contribution in [1.29, 1.82) is 0 Å². The Kier molecular flexibility index (Phi) is 17.1. The second-order valence-electron chi connectivity index (χ2n) is 11.0. The predicted molar refractivity (Wildman–Crippen MR) is 175 cm³/mol. The van der Waals surface area contributed by atoms with Crippen LogP contribution in [0.15, 0.2) is 54.7 Å². The monoisotopic (exact) mass is 626 g/mol. The summed E-state index contributed by atoms with van der Waals surface area (Å²) in [6, 6.07) is 16.4. The second-order valence-corrected chi connectivity index (χ2v) is 11.0. The molecule has 0 aliphatic rings. The SMILES string of the molecule is Br.CCCCCCCCCCCCCCOc1ccc(CCN(C(C)=O)c2cccc(Cn3cc(C)nn3)c2)cc1. The standard InChI is InChI=1S/C34H50N4O2.BrH/c1-4-5-6-7-8-9-10-11-12-13-14-15-25-40-34-21-19-31(20-22-34)23-24-38(30(3)39)33-18-16-17-32(26-33)28-37-27-29(2)35-36-37;/h16-22,26-27H,4-15,23-25,28H2,1-3H3;1H. The zero-order valence-corrected chi connectivity index (χ0v) is 27.2. The molecular formula is C34H51BrN4O2. The number of ether oxygens (including phenoxy) is 1. The molecule has 0 aliphatic heterocycles. The van der Waals surface area contributed by atoms with Crippen molar-refractivity contribution in [3.63, 3.8) is 0 Å². The largest absolute Gasteiger partial charge is 0.494 e. The maximum atomic E-state index is 12.5. The van der Waals surface area contributed by atoms with Crippen molar-refractivity contribution in [2.75, 3.05) is 18.1 Å². The van der Waals surface area contributed by atoms with Gasteiger partial charge in [-0.2, -0.15) is 0 Å². The maximum Gasteiger partial charge on any atom is 0.223 e. The fourth-order valence-corrected chi connectivity index (χ4v) is 5.08. The Morgan fingerprint density at radius 3 is 2.07 bits per heavy atom. The minimum atomic E-state index is 0. The van der Waals surface area contributed by atoms with Crippen LogP contribution in [0.5, 0.6) is 5.75 Å². The highest BCUT2D eigenvalue weighted by molar-refractivity contribution is 8.93. The summed E-state index contributed by atoms with van der Waals surface area (Å²) < 4.78 is 7.79. The first kappa shape index (κ1) is 34.5. The van der Waals surface area contributed by atoms with Crippen LogP contribution in [0.25, 0.3) is 0 Å². The third-order valence-corrected chi connectivity index (χ3v) is 7.41. The Balaban J connectivity index is 0.00000588. The lowest BCUT2D eigenvalue weighted by molar-refractivity contribution is -0.116. The third-order valence-electron chi connectivity index (χ3n) is 7.41. The highest BCUT2D eigenvalue weighted by Crippen LogP contribution is 2.20. The normalized spacial score (nSPS) is 10.8. The molecule has 1 aromatic heterocycles. The van der Waals surface area contributed by atoms with Gasteiger partial charge in [0, 0.05) is 25.4 Å². The number of rotatable bonds is 20. The van der Waals surface area contributed by atoms with Gasteiger partial charge in [-0.1, -0.05) is 107 Å². The lowest BCUT2D eigenvalue weighted by Crippen LogP contribution is -2.30. The smallest absolute Gasteiger partial charge is 0.223 e. The molecule has 0 unspecified atom stereocenters. The Bertz CT molecular complexity index is 1120. The Labute approximate surface area is 258 Å². The van der Waals surface area contributed by atoms with Crippen LogP contribution in [0.1, 0.15) is 108 Å². The highest BCUT2D eigenvalue weighted by Gasteiger charge is 2.12. The van der Waals surface area contributed by atoms with E-state index >= 15 is 0 Å². The lowest BCUT2D eigenvalue weighted by Gasteiger charge is -2.22. The zero-order chi connectivity index (χ0) is 28.4. The Morgan fingerprint density at radius 1 is 0.854 bits per heavy atom. The summed E-state index contributed by atoms with van der Waals surface area (Å²) in [4.78, 5) is 14.3. The fraction of sp³-hybridized carbons (Fsp3) is 0.559. The van der Waals surface area contributed by atoms with Crippen LogP contribution in [-0.2, 0) is 17.8 Å². The van der Waals surface area contributed by atoms with Gasteiger partial charge in [0.2, 0.25) is 5.91 Å². The number of amides is 1. The Morgan fingerprint density at radius 2 is 1.49 bits per heavy atom. The molecule has 3 rings (SSSR count). The maximum absolute atomic E-state index is 12.5. The van der Waals surface area contributed by atoms with Gasteiger partial charge in [-0.05, 0) is 55.2 Å². The van der Waals surface area contributed by atoms with Crippen molar-refractivity contribution in [1.82, 2.24) is 15.0 Å². The minimum Gasteiger partial charge on any atom is -0.494 e. The molecule has 0 saturated heterocycles. The van der Waals surface area contributed by atoms with Gasteiger partial charge in [0.1, 0.15) is 5.75 Å². The molecule has 226 valence electrons. The first-order chi connectivity index (χ1) is 19.5. The van der Waals surface area contributed by atoms with Gasteiger partial charge in [0.05, 0.1) is 18.8 Å². The lowest BCUT2D eigenvalue weighted by atomic mass is 10.1. The molecule has 0 spiro atoms. The van der Waals surface area contributed by atoms with Crippen molar-refractivity contribution in [3.05, 3.63) is 71.5 Å². The van der Waals surface area contributed by atoms with Crippen LogP contribution in [0.3, 0.4) is 0 Å². The van der Waals surface area contributed by atoms with E-state index < -0.39 is 0 Å². The van der Waals surface area contributed by atoms with E-state index in [-0.39, 0.29) is 22.9 Å². The molecule has 6 nitrogen and oxygen atoms in total. The number of nitrogens with zero attached hydrogens (tertiary/aromatic N) is 4. The number of aryl methyl sites for hydroxylation is 1. The summed E-state index contributed by atoms with van der Waals surface area (Å²) in [6.45, 7) is 7.86. The summed E-state index contributed by atoms with van der Waals surface area (Å²) in [7, 11) is 0. The van der Waals surface area contributed by atoms with E-state index in [9.17, 15) is 4.79 Å². The van der Waals surface area contributed by atoms with Gasteiger partial charge in [0.15, 0.2) is 0 Å². The van der Waals surface area contributed by atoms with Gasteiger partial charge in [0.25, 0.3) is 0 Å². The number of hydrogen-bond donors (Lipinski definition) is 0. The van der Waals surface area contributed by atoms with Gasteiger partial charge in [-0.15, -0.1) is 22.1 Å². The number of unbranched alkanes of at least 4 members (excludes halogenated alkanes) is 11. The Hall–Kier alpha value is -2.67. The van der Waals surface area contributed by atoms with E-state index in [1.54, 1.807) is 6.92 Å². The number of carbonyl (C=O) groups is 1. The zero-order valence-electron chi connectivity index (χ0n) is 25.5. The van der Waals surface area contributed by atoms with E-state index in [0.29, 0.717) is 13.1 Å². The molecule has 7 heteroatoms. The average molecular weight is 628 g/mol. The first-order valence-electron chi connectivity index (χ1n) is 15.5. The van der Waals surface area contributed by atoms with E-state index in [1.807, 2.05) is 34.8 Å². The van der Waals surface area contributed by atoms with Crippen molar-refractivity contribution >= 4 is 28.6 Å². The first-order valence-corrected chi connectivity index (χ1v) is 15.5. The molecule has 0 aliphatic carbocycles. The van der Waals surface area contributed by atoms with E-state index in [1.165, 1.54) is 76.2 Å². The summed E-state index contributed by atoms with van der Waals surface area (Å²) in [5.74, 6) is 0.961. The number of aromatic nitrogens is 3. The number of anilines is 1. The van der Waals surface area contributed by atoms with Crippen molar-refractivity contribution in [3.8, 4) is 5.75 Å². The molecule has 0 radical (unpaired) electrons. The molecule has 41 heavy (non-hydrogen) atoms. The van der Waals surface area contributed by atoms with Crippen LogP contribution >= 0.6 is 17.0 Å². The van der Waals surface area contributed by atoms with Gasteiger partial charge in [-0.3, -0.25) is 4.79 Å². The van der Waals surface area contributed by atoms with Crippen molar-refractivity contribution in [2.45, 2.75) is 111 Å². The molecule has 0 atom stereocenters. The molecule has 1 amide bonds.